The zero-order valence-electron chi connectivity index (χ0n) is 15.5. The van der Waals surface area contributed by atoms with Crippen molar-refractivity contribution in [2.24, 2.45) is 0 Å². The maximum Gasteiger partial charge on any atom is 0.344 e. The lowest BCUT2D eigenvalue weighted by molar-refractivity contribution is -0.150. The highest BCUT2D eigenvalue weighted by Crippen LogP contribution is 2.15. The van der Waals surface area contributed by atoms with E-state index in [2.05, 4.69) is 10.6 Å². The Hall–Kier alpha value is -3.68. The first-order valence-corrected chi connectivity index (χ1v) is 8.39. The minimum absolute atomic E-state index is 0.375. The number of hydrogen-bond donors (Lipinski definition) is 2. The van der Waals surface area contributed by atoms with Crippen molar-refractivity contribution in [3.05, 3.63) is 59.2 Å². The van der Waals surface area contributed by atoms with Crippen LogP contribution in [0.1, 0.15) is 21.5 Å². The fraction of sp³-hybridized carbons (Fsp3) is 0.200. The van der Waals surface area contributed by atoms with Gasteiger partial charge in [0.25, 0.3) is 5.91 Å². The predicted molar refractivity (Wildman–Crippen MR) is 101 cm³/mol. The van der Waals surface area contributed by atoms with Gasteiger partial charge in [-0.1, -0.05) is 17.7 Å². The molecule has 8 nitrogen and oxygen atoms in total. The van der Waals surface area contributed by atoms with Crippen molar-refractivity contribution in [2.75, 3.05) is 18.5 Å². The van der Waals surface area contributed by atoms with Gasteiger partial charge in [-0.15, -0.1) is 0 Å². The summed E-state index contributed by atoms with van der Waals surface area (Å²) in [4.78, 5) is 45.7. The highest BCUT2D eigenvalue weighted by molar-refractivity contribution is 6.02. The lowest BCUT2D eigenvalue weighted by atomic mass is 10.1. The van der Waals surface area contributed by atoms with Gasteiger partial charge in [-0.3, -0.25) is 14.9 Å². The average Bonchev–Trinajstić information content (AvgIpc) is 2.67. The second-order valence-electron chi connectivity index (χ2n) is 5.96. The van der Waals surface area contributed by atoms with E-state index >= 15 is 0 Å². The fourth-order valence-corrected chi connectivity index (χ4v) is 2.24. The van der Waals surface area contributed by atoms with Gasteiger partial charge in [-0.2, -0.15) is 0 Å². The quantitative estimate of drug-likeness (QED) is 0.560. The molecular weight excluding hydrogens is 364 g/mol. The van der Waals surface area contributed by atoms with E-state index in [1.165, 1.54) is 24.3 Å². The normalized spacial score (nSPS) is 9.93. The Bertz CT molecular complexity index is 877. The molecule has 0 aliphatic rings. The number of ether oxygens (including phenoxy) is 2. The molecule has 0 aliphatic carbocycles. The standard InChI is InChI=1S/C20H20N2O6/c1-13-3-8-17(14(2)9-13)21-20(26)22-18(24)11-28-19(25)12-27-16-6-4-15(10-23)5-7-16/h3-10H,11-12H2,1-2H3,(H2,21,22,24,26). The number of nitrogens with one attached hydrogen (secondary N) is 2. The van der Waals surface area contributed by atoms with Gasteiger partial charge in [-0.05, 0) is 49.7 Å². The molecule has 0 unspecified atom stereocenters. The number of aryl methyl sites for hydroxylation is 2. The summed E-state index contributed by atoms with van der Waals surface area (Å²) in [6, 6.07) is 10.9. The number of aldehydes is 1. The molecule has 0 saturated heterocycles. The summed E-state index contributed by atoms with van der Waals surface area (Å²) in [6.07, 6.45) is 0.687. The van der Waals surface area contributed by atoms with Crippen LogP contribution < -0.4 is 15.4 Å². The van der Waals surface area contributed by atoms with Gasteiger partial charge in [0.05, 0.1) is 0 Å². The summed E-state index contributed by atoms with van der Waals surface area (Å²) in [7, 11) is 0. The molecular formula is C20H20N2O6. The smallest absolute Gasteiger partial charge is 0.344 e. The van der Waals surface area contributed by atoms with Gasteiger partial charge in [0.15, 0.2) is 13.2 Å². The molecule has 3 amide bonds. The lowest BCUT2D eigenvalue weighted by Gasteiger charge is -2.10. The van der Waals surface area contributed by atoms with Crippen LogP contribution in [0.4, 0.5) is 10.5 Å². The van der Waals surface area contributed by atoms with E-state index in [1.54, 1.807) is 6.07 Å². The number of carbonyl (C=O) groups excluding carboxylic acids is 4. The molecule has 0 fully saturated rings. The first-order chi connectivity index (χ1) is 13.4. The van der Waals surface area contributed by atoms with E-state index in [9.17, 15) is 19.2 Å². The van der Waals surface area contributed by atoms with Crippen molar-refractivity contribution in [2.45, 2.75) is 13.8 Å². The van der Waals surface area contributed by atoms with Crippen LogP contribution in [0.2, 0.25) is 0 Å². The molecule has 0 heterocycles. The van der Waals surface area contributed by atoms with E-state index in [4.69, 9.17) is 9.47 Å². The topological polar surface area (TPSA) is 111 Å². The maximum atomic E-state index is 11.8. The van der Waals surface area contributed by atoms with E-state index in [0.29, 0.717) is 23.3 Å². The molecule has 0 aliphatic heterocycles. The zero-order valence-corrected chi connectivity index (χ0v) is 15.5. The molecule has 0 saturated carbocycles. The van der Waals surface area contributed by atoms with Crippen molar-refractivity contribution in [3.8, 4) is 5.75 Å². The van der Waals surface area contributed by atoms with Crippen molar-refractivity contribution in [1.82, 2.24) is 5.32 Å². The third-order valence-corrected chi connectivity index (χ3v) is 3.62. The minimum atomic E-state index is -0.774. The molecule has 2 N–H and O–H groups in total. The third-order valence-electron chi connectivity index (χ3n) is 3.62. The van der Waals surface area contributed by atoms with E-state index in [-0.39, 0.29) is 0 Å². The Morgan fingerprint density at radius 3 is 2.36 bits per heavy atom. The average molecular weight is 384 g/mol. The van der Waals surface area contributed by atoms with Crippen LogP contribution in [-0.2, 0) is 14.3 Å². The number of urea groups is 1. The van der Waals surface area contributed by atoms with E-state index in [0.717, 1.165) is 11.1 Å². The van der Waals surface area contributed by atoms with Gasteiger partial charge >= 0.3 is 12.0 Å². The van der Waals surface area contributed by atoms with Crippen molar-refractivity contribution >= 4 is 29.9 Å². The highest BCUT2D eigenvalue weighted by atomic mass is 16.6. The number of imide groups is 1. The second kappa shape index (κ2) is 9.86. The number of anilines is 1. The van der Waals surface area contributed by atoms with Gasteiger partial charge in [-0.25, -0.2) is 9.59 Å². The number of hydrogen-bond acceptors (Lipinski definition) is 6. The first kappa shape index (κ1) is 20.6. The number of carbonyl (C=O) groups is 4. The second-order valence-corrected chi connectivity index (χ2v) is 5.96. The summed E-state index contributed by atoms with van der Waals surface area (Å²) in [5.41, 5.74) is 2.95. The molecule has 146 valence electrons. The number of rotatable bonds is 7. The first-order valence-electron chi connectivity index (χ1n) is 8.39. The van der Waals surface area contributed by atoms with Crippen LogP contribution in [0.5, 0.6) is 5.75 Å². The summed E-state index contributed by atoms with van der Waals surface area (Å²) in [5.74, 6) is -1.17. The zero-order chi connectivity index (χ0) is 20.5. The van der Waals surface area contributed by atoms with Crippen LogP contribution >= 0.6 is 0 Å². The Balaban J connectivity index is 1.71. The van der Waals surface area contributed by atoms with Crippen LogP contribution in [0, 0.1) is 13.8 Å². The highest BCUT2D eigenvalue weighted by Gasteiger charge is 2.12. The Labute approximate surface area is 161 Å². The SMILES string of the molecule is Cc1ccc(NC(=O)NC(=O)COC(=O)COc2ccc(C=O)cc2)c(C)c1. The summed E-state index contributed by atoms with van der Waals surface area (Å²) in [5, 5.41) is 4.62. The third kappa shape index (κ3) is 6.56. The molecule has 2 rings (SSSR count). The monoisotopic (exact) mass is 384 g/mol. The Morgan fingerprint density at radius 1 is 1.00 bits per heavy atom. The molecule has 2 aromatic carbocycles. The number of amides is 3. The summed E-state index contributed by atoms with van der Waals surface area (Å²) in [6.45, 7) is 2.73. The van der Waals surface area contributed by atoms with Crippen molar-refractivity contribution in [1.29, 1.82) is 0 Å². The van der Waals surface area contributed by atoms with Gasteiger partial charge < -0.3 is 14.8 Å². The molecule has 0 spiro atoms. The fourth-order valence-electron chi connectivity index (χ4n) is 2.24. The molecule has 0 radical (unpaired) electrons. The van der Waals surface area contributed by atoms with E-state index in [1.807, 2.05) is 26.0 Å². The van der Waals surface area contributed by atoms with Gasteiger partial charge in [0, 0.05) is 11.3 Å². The van der Waals surface area contributed by atoms with E-state index < -0.39 is 31.1 Å². The summed E-state index contributed by atoms with van der Waals surface area (Å²) < 4.78 is 9.93. The van der Waals surface area contributed by atoms with Crippen molar-refractivity contribution in [3.63, 3.8) is 0 Å². The van der Waals surface area contributed by atoms with Gasteiger partial charge in [0.1, 0.15) is 12.0 Å². The molecule has 0 atom stereocenters. The molecule has 28 heavy (non-hydrogen) atoms. The van der Waals surface area contributed by atoms with Crippen molar-refractivity contribution < 1.29 is 28.7 Å². The molecule has 8 heteroatoms. The Morgan fingerprint density at radius 2 is 1.71 bits per heavy atom. The maximum absolute atomic E-state index is 11.8. The largest absolute Gasteiger partial charge is 0.482 e. The Kier molecular flexibility index (Phi) is 7.27. The lowest BCUT2D eigenvalue weighted by Crippen LogP contribution is -2.37. The van der Waals surface area contributed by atoms with Gasteiger partial charge in [0.2, 0.25) is 0 Å². The minimum Gasteiger partial charge on any atom is -0.482 e. The number of esters is 1. The van der Waals surface area contributed by atoms with Crippen LogP contribution in [0.15, 0.2) is 42.5 Å². The summed E-state index contributed by atoms with van der Waals surface area (Å²) >= 11 is 0. The molecule has 2 aromatic rings. The van der Waals surface area contributed by atoms with Crippen LogP contribution in [0.3, 0.4) is 0 Å². The number of benzene rings is 2. The molecule has 0 bridgehead atoms. The molecule has 0 aromatic heterocycles. The van der Waals surface area contributed by atoms with Crippen LogP contribution in [0.25, 0.3) is 0 Å². The van der Waals surface area contributed by atoms with Crippen LogP contribution in [-0.4, -0.2) is 37.4 Å². The predicted octanol–water partition coefficient (Wildman–Crippen LogP) is 2.39.